The highest BCUT2D eigenvalue weighted by Gasteiger charge is 2.45. The van der Waals surface area contributed by atoms with Gasteiger partial charge < -0.3 is 8.85 Å². The minimum Gasteiger partial charge on any atom is -0.407 e. The van der Waals surface area contributed by atoms with Crippen LogP contribution in [0.5, 0.6) is 0 Å². The van der Waals surface area contributed by atoms with Gasteiger partial charge in [0, 0.05) is 0 Å². The van der Waals surface area contributed by atoms with Crippen molar-refractivity contribution in [2.75, 3.05) is 0 Å². The normalized spacial score (nSPS) is 15.7. The van der Waals surface area contributed by atoms with E-state index in [1.165, 1.54) is 11.1 Å². The summed E-state index contributed by atoms with van der Waals surface area (Å²) in [5.41, 5.74) is 2.38. The summed E-state index contributed by atoms with van der Waals surface area (Å²) >= 11 is 0. The third-order valence-corrected chi connectivity index (χ3v) is 15.9. The molecule has 166 valence electrons. The zero-order valence-electron chi connectivity index (χ0n) is 20.7. The smallest absolute Gasteiger partial charge is 0.193 e. The molecule has 0 aliphatic heterocycles. The number of hydrogen-bond acceptors (Lipinski definition) is 2. The molecule has 30 heavy (non-hydrogen) atoms. The van der Waals surface area contributed by atoms with E-state index < -0.39 is 16.6 Å². The average Bonchev–Trinajstić information content (AvgIpc) is 2.64. The van der Waals surface area contributed by atoms with Crippen LogP contribution in [0, 0.1) is 0 Å². The molecule has 4 heteroatoms. The van der Waals surface area contributed by atoms with E-state index >= 15 is 0 Å². The van der Waals surface area contributed by atoms with Crippen LogP contribution in [0.4, 0.5) is 0 Å². The fourth-order valence-corrected chi connectivity index (χ4v) is 5.38. The maximum absolute atomic E-state index is 7.10. The number of hydrogen-bond donors (Lipinski definition) is 0. The van der Waals surface area contributed by atoms with Gasteiger partial charge in [-0.2, -0.15) is 0 Å². The summed E-state index contributed by atoms with van der Waals surface area (Å²) in [6, 6.07) is 21.3. The van der Waals surface area contributed by atoms with Crippen molar-refractivity contribution in [3.8, 4) is 0 Å². The first kappa shape index (κ1) is 25.1. The lowest BCUT2D eigenvalue weighted by atomic mass is 9.98. The van der Waals surface area contributed by atoms with E-state index in [1.54, 1.807) is 0 Å². The standard InChI is InChI=1S/C26H42O2Si2/c1-25(2,3)29(7,8)27-23(21-17-13-11-14-18-21)24(22-19-15-12-16-20-22)28-30(9,10)26(4,5)6/h11-20,23-24H,1-10H3. The lowest BCUT2D eigenvalue weighted by molar-refractivity contribution is 0.0333. The van der Waals surface area contributed by atoms with Crippen LogP contribution in [0.3, 0.4) is 0 Å². The molecule has 2 aromatic carbocycles. The fourth-order valence-electron chi connectivity index (χ4n) is 2.88. The molecule has 0 fully saturated rings. The van der Waals surface area contributed by atoms with Crippen molar-refractivity contribution < 1.29 is 8.85 Å². The second-order valence-electron chi connectivity index (χ2n) is 11.4. The summed E-state index contributed by atoms with van der Waals surface area (Å²) in [7, 11) is -4.06. The Labute approximate surface area is 187 Å². The van der Waals surface area contributed by atoms with E-state index in [9.17, 15) is 0 Å². The molecule has 0 aromatic heterocycles. The van der Waals surface area contributed by atoms with Gasteiger partial charge in [-0.05, 0) is 47.4 Å². The predicted octanol–water partition coefficient (Wildman–Crippen LogP) is 8.51. The SMILES string of the molecule is CC(C)(C)[Si](C)(C)OC(c1ccccc1)C(O[Si](C)(C)C(C)(C)C)c1ccccc1. The molecule has 0 spiro atoms. The van der Waals surface area contributed by atoms with Gasteiger partial charge in [-0.3, -0.25) is 0 Å². The molecule has 0 saturated heterocycles. The minimum atomic E-state index is -2.03. The molecular weight excluding hydrogens is 400 g/mol. The van der Waals surface area contributed by atoms with Crippen molar-refractivity contribution >= 4 is 16.6 Å². The molecule has 2 unspecified atom stereocenters. The van der Waals surface area contributed by atoms with Gasteiger partial charge in [0.05, 0.1) is 12.2 Å². The number of rotatable bonds is 7. The van der Waals surface area contributed by atoms with Crippen LogP contribution < -0.4 is 0 Å². The molecule has 2 aromatic rings. The van der Waals surface area contributed by atoms with E-state index in [-0.39, 0.29) is 22.3 Å². The molecule has 0 N–H and O–H groups in total. The summed E-state index contributed by atoms with van der Waals surface area (Å²) in [5, 5.41) is 0.247. The molecule has 0 heterocycles. The summed E-state index contributed by atoms with van der Waals surface area (Å²) in [5.74, 6) is 0. The van der Waals surface area contributed by atoms with Crippen LogP contribution in [0.25, 0.3) is 0 Å². The molecule has 0 bridgehead atoms. The monoisotopic (exact) mass is 442 g/mol. The van der Waals surface area contributed by atoms with Gasteiger partial charge in [0.1, 0.15) is 0 Å². The third kappa shape index (κ3) is 5.94. The molecule has 2 nitrogen and oxygen atoms in total. The van der Waals surface area contributed by atoms with Crippen molar-refractivity contribution in [1.29, 1.82) is 0 Å². The summed E-state index contributed by atoms with van der Waals surface area (Å²) in [6.07, 6.45) is -0.271. The first-order chi connectivity index (χ1) is 13.7. The maximum Gasteiger partial charge on any atom is 0.193 e. The van der Waals surface area contributed by atoms with Gasteiger partial charge >= 0.3 is 0 Å². The van der Waals surface area contributed by atoms with Gasteiger partial charge in [0.15, 0.2) is 16.6 Å². The van der Waals surface area contributed by atoms with Crippen molar-refractivity contribution in [2.45, 2.75) is 90.0 Å². The van der Waals surface area contributed by atoms with Crippen LogP contribution in [0.15, 0.2) is 60.7 Å². The topological polar surface area (TPSA) is 18.5 Å². The molecule has 0 radical (unpaired) electrons. The Hall–Kier alpha value is -1.21. The van der Waals surface area contributed by atoms with Crippen molar-refractivity contribution in [3.05, 3.63) is 71.8 Å². The van der Waals surface area contributed by atoms with Crippen molar-refractivity contribution in [2.24, 2.45) is 0 Å². The Morgan fingerprint density at radius 1 is 0.533 bits per heavy atom. The van der Waals surface area contributed by atoms with Gasteiger partial charge in [-0.1, -0.05) is 102 Å². The second kappa shape index (κ2) is 9.11. The van der Waals surface area contributed by atoms with E-state index in [4.69, 9.17) is 8.85 Å². The first-order valence-corrected chi connectivity index (χ1v) is 16.9. The summed E-state index contributed by atoms with van der Waals surface area (Å²) in [6.45, 7) is 23.1. The highest BCUT2D eigenvalue weighted by atomic mass is 28.4. The third-order valence-electron chi connectivity index (χ3n) is 6.99. The summed E-state index contributed by atoms with van der Waals surface area (Å²) in [4.78, 5) is 0. The van der Waals surface area contributed by atoms with Gasteiger partial charge in [0.25, 0.3) is 0 Å². The molecule has 2 atom stereocenters. The van der Waals surface area contributed by atoms with E-state index in [0.29, 0.717) is 0 Å². The van der Waals surface area contributed by atoms with Crippen LogP contribution in [-0.4, -0.2) is 16.6 Å². The Bertz CT molecular complexity index is 718. The van der Waals surface area contributed by atoms with Crippen molar-refractivity contribution in [1.82, 2.24) is 0 Å². The molecule has 0 amide bonds. The zero-order chi connectivity index (χ0) is 22.8. The lowest BCUT2D eigenvalue weighted by Gasteiger charge is -2.45. The quantitative estimate of drug-likeness (QED) is 0.400. The van der Waals surface area contributed by atoms with Crippen LogP contribution in [0.1, 0.15) is 64.9 Å². The first-order valence-electron chi connectivity index (χ1n) is 11.1. The zero-order valence-corrected chi connectivity index (χ0v) is 22.7. The Morgan fingerprint density at radius 3 is 1.03 bits per heavy atom. The maximum atomic E-state index is 7.10. The van der Waals surface area contributed by atoms with Gasteiger partial charge in [-0.15, -0.1) is 0 Å². The predicted molar refractivity (Wildman–Crippen MR) is 135 cm³/mol. The highest BCUT2D eigenvalue weighted by molar-refractivity contribution is 6.74. The Kier molecular flexibility index (Phi) is 7.61. The van der Waals surface area contributed by atoms with E-state index in [1.807, 2.05) is 0 Å². The summed E-state index contributed by atoms with van der Waals surface area (Å²) < 4.78 is 14.2. The second-order valence-corrected chi connectivity index (χ2v) is 20.9. The van der Waals surface area contributed by atoms with Crippen LogP contribution in [0.2, 0.25) is 36.3 Å². The molecular formula is C26H42O2Si2. The van der Waals surface area contributed by atoms with E-state index in [2.05, 4.69) is 128 Å². The van der Waals surface area contributed by atoms with Gasteiger partial charge in [0.2, 0.25) is 0 Å². The van der Waals surface area contributed by atoms with Crippen LogP contribution in [-0.2, 0) is 8.85 Å². The molecule has 0 saturated carbocycles. The highest BCUT2D eigenvalue weighted by Crippen LogP contribution is 2.47. The van der Waals surface area contributed by atoms with E-state index in [0.717, 1.165) is 0 Å². The Morgan fingerprint density at radius 2 is 0.800 bits per heavy atom. The molecule has 0 aliphatic rings. The molecule has 2 rings (SSSR count). The van der Waals surface area contributed by atoms with Gasteiger partial charge in [-0.25, -0.2) is 0 Å². The average molecular weight is 443 g/mol. The minimum absolute atomic E-state index is 0.123. The largest absolute Gasteiger partial charge is 0.407 e. The van der Waals surface area contributed by atoms with Crippen molar-refractivity contribution in [3.63, 3.8) is 0 Å². The Balaban J connectivity index is 2.61. The lowest BCUT2D eigenvalue weighted by Crippen LogP contribution is -2.46. The fraction of sp³-hybridized carbons (Fsp3) is 0.538. The van der Waals surface area contributed by atoms with Crippen LogP contribution >= 0.6 is 0 Å². The number of benzene rings is 2. The molecule has 0 aliphatic carbocycles.